The van der Waals surface area contributed by atoms with Crippen LogP contribution in [0.2, 0.25) is 0 Å². The first-order valence-corrected chi connectivity index (χ1v) is 5.03. The molecule has 0 aromatic heterocycles. The summed E-state index contributed by atoms with van der Waals surface area (Å²) in [6.07, 6.45) is 0.888. The van der Waals surface area contributed by atoms with Gasteiger partial charge >= 0.3 is 5.97 Å². The highest BCUT2D eigenvalue weighted by molar-refractivity contribution is 5.80. The van der Waals surface area contributed by atoms with Crippen molar-refractivity contribution < 1.29 is 19.7 Å². The molecule has 0 aliphatic rings. The monoisotopic (exact) mass is 216 g/mol. The normalized spacial score (nSPS) is 18.7. The van der Waals surface area contributed by atoms with Crippen molar-refractivity contribution in [1.29, 1.82) is 0 Å². The zero-order valence-electron chi connectivity index (χ0n) is 9.56. The van der Waals surface area contributed by atoms with Crippen LogP contribution in [0.25, 0.3) is 0 Å². The summed E-state index contributed by atoms with van der Waals surface area (Å²) in [5.74, 6) is -1.01. The maximum Gasteiger partial charge on any atom is 0.340 e. The fourth-order valence-corrected chi connectivity index (χ4v) is 1.42. The number of hydrogen-bond donors (Lipinski definition) is 2. The number of methoxy groups -OCH3 is 1. The van der Waals surface area contributed by atoms with E-state index < -0.39 is 17.7 Å². The van der Waals surface area contributed by atoms with Gasteiger partial charge in [0.1, 0.15) is 0 Å². The molecular weight excluding hydrogens is 196 g/mol. The van der Waals surface area contributed by atoms with Crippen molar-refractivity contribution in [1.82, 2.24) is 0 Å². The smallest absolute Gasteiger partial charge is 0.340 e. The predicted octanol–water partition coefficient (Wildman–Crippen LogP) is 0.874. The molecule has 0 bridgehead atoms. The van der Waals surface area contributed by atoms with Crippen LogP contribution >= 0.6 is 0 Å². The second-order valence-corrected chi connectivity index (χ2v) is 3.74. The fourth-order valence-electron chi connectivity index (χ4n) is 1.42. The van der Waals surface area contributed by atoms with Gasteiger partial charge in [-0.3, -0.25) is 0 Å². The lowest BCUT2D eigenvalue weighted by Crippen LogP contribution is -2.52. The lowest BCUT2D eigenvalue weighted by atomic mass is 9.84. The van der Waals surface area contributed by atoms with Crippen molar-refractivity contribution >= 4 is 5.97 Å². The van der Waals surface area contributed by atoms with E-state index in [1.54, 1.807) is 6.92 Å². The predicted molar refractivity (Wildman–Crippen MR) is 57.2 cm³/mol. The molecule has 88 valence electrons. The Morgan fingerprint density at radius 1 is 1.67 bits per heavy atom. The Morgan fingerprint density at radius 3 is 2.53 bits per heavy atom. The number of ether oxygens (including phenoxy) is 1. The molecule has 3 atom stereocenters. The number of rotatable bonds is 6. The van der Waals surface area contributed by atoms with Crippen LogP contribution in [0.1, 0.15) is 26.7 Å². The third-order valence-electron chi connectivity index (χ3n) is 2.67. The van der Waals surface area contributed by atoms with Gasteiger partial charge in [0.2, 0.25) is 0 Å². The number of aliphatic hydroxyl groups excluding tert-OH is 1. The van der Waals surface area contributed by atoms with Crippen LogP contribution in [-0.2, 0) is 9.53 Å². The Labute approximate surface area is 90.6 Å². The quantitative estimate of drug-likeness (QED) is 0.511. The minimum absolute atomic E-state index is 0.0226. The highest BCUT2D eigenvalue weighted by Crippen LogP contribution is 2.25. The van der Waals surface area contributed by atoms with E-state index in [1.807, 2.05) is 6.92 Å². The molecular formula is C11H20O4. The van der Waals surface area contributed by atoms with Gasteiger partial charge in [0, 0.05) is 6.42 Å². The first-order valence-electron chi connectivity index (χ1n) is 5.03. The summed E-state index contributed by atoms with van der Waals surface area (Å²) in [6, 6.07) is 0. The molecule has 0 aliphatic carbocycles. The average molecular weight is 216 g/mol. The van der Waals surface area contributed by atoms with Gasteiger partial charge in [0.05, 0.1) is 13.2 Å². The van der Waals surface area contributed by atoms with E-state index in [1.165, 1.54) is 13.2 Å². The Morgan fingerprint density at radius 2 is 2.20 bits per heavy atom. The van der Waals surface area contributed by atoms with Gasteiger partial charge in [-0.1, -0.05) is 26.3 Å². The van der Waals surface area contributed by atoms with Gasteiger partial charge in [-0.25, -0.2) is 4.79 Å². The van der Waals surface area contributed by atoms with E-state index in [0.29, 0.717) is 6.42 Å². The van der Waals surface area contributed by atoms with Crippen LogP contribution in [-0.4, -0.2) is 35.0 Å². The Bertz CT molecular complexity index is 227. The molecule has 0 fully saturated rings. The van der Waals surface area contributed by atoms with Crippen LogP contribution in [0.15, 0.2) is 12.7 Å². The highest BCUT2D eigenvalue weighted by atomic mass is 16.5. The van der Waals surface area contributed by atoms with Crippen molar-refractivity contribution in [3.63, 3.8) is 0 Å². The second kappa shape index (κ2) is 5.88. The fraction of sp³-hybridized carbons (Fsp3) is 0.727. The summed E-state index contributed by atoms with van der Waals surface area (Å²) in [5.41, 5.74) is -1.88. The molecule has 0 amide bonds. The van der Waals surface area contributed by atoms with E-state index in [2.05, 4.69) is 11.3 Å². The first kappa shape index (κ1) is 14.1. The number of hydrogen-bond acceptors (Lipinski definition) is 4. The third-order valence-corrected chi connectivity index (χ3v) is 2.67. The van der Waals surface area contributed by atoms with E-state index in [9.17, 15) is 15.0 Å². The number of carbonyl (C=O) groups excluding carboxylic acids is 1. The third kappa shape index (κ3) is 3.04. The summed E-state index contributed by atoms with van der Waals surface area (Å²) in [5, 5.41) is 19.9. The molecule has 0 aliphatic heterocycles. The molecule has 4 heteroatoms. The van der Waals surface area contributed by atoms with Crippen LogP contribution < -0.4 is 0 Å². The van der Waals surface area contributed by atoms with E-state index in [4.69, 9.17) is 0 Å². The van der Waals surface area contributed by atoms with Crippen molar-refractivity contribution in [2.75, 3.05) is 7.11 Å². The lowest BCUT2D eigenvalue weighted by Gasteiger charge is -2.32. The van der Waals surface area contributed by atoms with Gasteiger partial charge in [-0.2, -0.15) is 0 Å². The van der Waals surface area contributed by atoms with Gasteiger partial charge in [-0.05, 0) is 5.92 Å². The largest absolute Gasteiger partial charge is 0.467 e. The molecule has 0 spiro atoms. The minimum atomic E-state index is -1.88. The molecule has 0 rings (SSSR count). The maximum atomic E-state index is 11.4. The number of carbonyl (C=O) groups is 1. The second-order valence-electron chi connectivity index (χ2n) is 3.74. The summed E-state index contributed by atoms with van der Waals surface area (Å²) in [4.78, 5) is 11.4. The van der Waals surface area contributed by atoms with E-state index in [-0.39, 0.29) is 12.3 Å². The lowest BCUT2D eigenvalue weighted by molar-refractivity contribution is -0.179. The Kier molecular flexibility index (Phi) is 5.54. The van der Waals surface area contributed by atoms with Crippen LogP contribution in [0.4, 0.5) is 0 Å². The van der Waals surface area contributed by atoms with Crippen LogP contribution in [0.5, 0.6) is 0 Å². The van der Waals surface area contributed by atoms with Crippen molar-refractivity contribution in [2.45, 2.75) is 38.4 Å². The molecule has 0 unspecified atom stereocenters. The maximum absolute atomic E-state index is 11.4. The topological polar surface area (TPSA) is 66.8 Å². The van der Waals surface area contributed by atoms with Crippen LogP contribution in [0.3, 0.4) is 0 Å². The average Bonchev–Trinajstić information content (AvgIpc) is 2.25. The molecule has 15 heavy (non-hydrogen) atoms. The van der Waals surface area contributed by atoms with E-state index >= 15 is 0 Å². The molecule has 0 saturated heterocycles. The minimum Gasteiger partial charge on any atom is -0.467 e. The SMILES string of the molecule is C=CC[C@@](O)(C(=O)OC)[C@H](O)[C@@H](C)CC. The highest BCUT2D eigenvalue weighted by Gasteiger charge is 2.45. The summed E-state index contributed by atoms with van der Waals surface area (Å²) in [6.45, 7) is 7.09. The molecule has 0 aromatic carbocycles. The molecule has 0 saturated carbocycles. The molecule has 4 nitrogen and oxygen atoms in total. The summed E-state index contributed by atoms with van der Waals surface area (Å²) < 4.78 is 4.49. The Hall–Kier alpha value is -0.870. The number of esters is 1. The van der Waals surface area contributed by atoms with Gasteiger partial charge < -0.3 is 14.9 Å². The zero-order chi connectivity index (χ0) is 12.1. The van der Waals surface area contributed by atoms with Crippen molar-refractivity contribution in [3.8, 4) is 0 Å². The van der Waals surface area contributed by atoms with Crippen molar-refractivity contribution in [3.05, 3.63) is 12.7 Å². The Balaban J connectivity index is 4.91. The van der Waals surface area contributed by atoms with Gasteiger partial charge in [0.25, 0.3) is 0 Å². The van der Waals surface area contributed by atoms with Crippen LogP contribution in [0, 0.1) is 5.92 Å². The first-order chi connectivity index (χ1) is 6.93. The summed E-state index contributed by atoms with van der Waals surface area (Å²) >= 11 is 0. The zero-order valence-corrected chi connectivity index (χ0v) is 9.56. The molecule has 0 aromatic rings. The number of aliphatic hydroxyl groups is 2. The van der Waals surface area contributed by atoms with Gasteiger partial charge in [0.15, 0.2) is 5.60 Å². The molecule has 0 radical (unpaired) electrons. The summed E-state index contributed by atoms with van der Waals surface area (Å²) in [7, 11) is 1.18. The van der Waals surface area contributed by atoms with Gasteiger partial charge in [-0.15, -0.1) is 6.58 Å². The van der Waals surface area contributed by atoms with Crippen molar-refractivity contribution in [2.24, 2.45) is 5.92 Å². The molecule has 2 N–H and O–H groups in total. The standard InChI is InChI=1S/C11H20O4/c1-5-7-11(14,10(13)15-4)9(12)8(3)6-2/h5,8-9,12,14H,1,6-7H2,2-4H3/t8-,9+,11-/m0/s1. The van der Waals surface area contributed by atoms with E-state index in [0.717, 1.165) is 0 Å². The molecule has 0 heterocycles.